The van der Waals surface area contributed by atoms with Crippen molar-refractivity contribution in [2.24, 2.45) is 0 Å². The van der Waals surface area contributed by atoms with E-state index >= 15 is 0 Å². The number of carbonyl (C=O) groups is 2. The smallest absolute Gasteiger partial charge is 0.414 e. The average Bonchev–Trinajstić information content (AvgIpc) is 2.77. The van der Waals surface area contributed by atoms with Crippen LogP contribution in [-0.2, 0) is 9.59 Å². The predicted molar refractivity (Wildman–Crippen MR) is 64.1 cm³/mol. The van der Waals surface area contributed by atoms with Crippen molar-refractivity contribution in [1.82, 2.24) is 9.88 Å². The van der Waals surface area contributed by atoms with Crippen LogP contribution in [0.3, 0.4) is 0 Å². The van der Waals surface area contributed by atoms with Crippen LogP contribution in [0.2, 0.25) is 0 Å². The summed E-state index contributed by atoms with van der Waals surface area (Å²) in [5.74, 6) is -3.65. The summed E-state index contributed by atoms with van der Waals surface area (Å²) >= 11 is 0. The van der Waals surface area contributed by atoms with Gasteiger partial charge in [0.2, 0.25) is 0 Å². The third-order valence-corrected chi connectivity index (χ3v) is 2.77. The van der Waals surface area contributed by atoms with Crippen molar-refractivity contribution in [2.75, 3.05) is 13.6 Å². The molecule has 6 heteroatoms. The Labute approximate surface area is 105 Å². The van der Waals surface area contributed by atoms with E-state index in [2.05, 4.69) is 23.0 Å². The second-order valence-corrected chi connectivity index (χ2v) is 4.04. The highest BCUT2D eigenvalue weighted by Crippen LogP contribution is 2.29. The molecule has 0 saturated carbocycles. The first kappa shape index (κ1) is 14.1. The van der Waals surface area contributed by atoms with Gasteiger partial charge in [0, 0.05) is 18.4 Å². The molecule has 2 heterocycles. The van der Waals surface area contributed by atoms with Crippen LogP contribution in [-0.4, -0.2) is 45.6 Å². The maximum Gasteiger partial charge on any atom is 0.414 e. The standard InChI is InChI=1S/C10H14N2.C2H2O4/c1-12-7-3-5-10(12)9-4-2-6-11-8-9;3-1(4)2(5)6/h2,4,6,8,10H,3,5,7H2,1H3;(H,3,4)(H,5,6). The molecule has 1 saturated heterocycles. The zero-order chi connectivity index (χ0) is 13.5. The van der Waals surface area contributed by atoms with Gasteiger partial charge < -0.3 is 10.2 Å². The number of aromatic nitrogens is 1. The lowest BCUT2D eigenvalue weighted by Gasteiger charge is -2.18. The van der Waals surface area contributed by atoms with Crippen molar-refractivity contribution in [3.8, 4) is 0 Å². The fraction of sp³-hybridized carbons (Fsp3) is 0.417. The fourth-order valence-corrected chi connectivity index (χ4v) is 1.90. The molecular weight excluding hydrogens is 236 g/mol. The van der Waals surface area contributed by atoms with Crippen LogP contribution < -0.4 is 0 Å². The van der Waals surface area contributed by atoms with Crippen molar-refractivity contribution in [3.05, 3.63) is 30.1 Å². The zero-order valence-electron chi connectivity index (χ0n) is 10.1. The lowest BCUT2D eigenvalue weighted by Crippen LogP contribution is -2.17. The maximum absolute atomic E-state index is 9.10. The van der Waals surface area contributed by atoms with Crippen molar-refractivity contribution in [1.29, 1.82) is 0 Å². The van der Waals surface area contributed by atoms with Crippen LogP contribution in [0.25, 0.3) is 0 Å². The molecule has 0 aliphatic carbocycles. The topological polar surface area (TPSA) is 90.7 Å². The van der Waals surface area contributed by atoms with Gasteiger partial charge in [0.05, 0.1) is 0 Å². The Kier molecular flexibility index (Phi) is 5.26. The Balaban J connectivity index is 0.000000232. The first-order valence-corrected chi connectivity index (χ1v) is 5.58. The number of carboxylic acid groups (broad SMARTS) is 2. The van der Waals surface area contributed by atoms with Gasteiger partial charge >= 0.3 is 11.9 Å². The van der Waals surface area contributed by atoms with Crippen LogP contribution in [0.5, 0.6) is 0 Å². The second-order valence-electron chi connectivity index (χ2n) is 4.04. The maximum atomic E-state index is 9.10. The summed E-state index contributed by atoms with van der Waals surface area (Å²) in [4.78, 5) is 24.7. The third-order valence-electron chi connectivity index (χ3n) is 2.77. The molecule has 6 nitrogen and oxygen atoms in total. The summed E-state index contributed by atoms with van der Waals surface area (Å²) in [6.45, 7) is 1.22. The minimum absolute atomic E-state index is 0.610. The van der Waals surface area contributed by atoms with E-state index in [1.807, 2.05) is 18.5 Å². The van der Waals surface area contributed by atoms with E-state index in [-0.39, 0.29) is 0 Å². The molecule has 1 fully saturated rings. The highest BCUT2D eigenvalue weighted by atomic mass is 16.4. The second kappa shape index (κ2) is 6.70. The summed E-state index contributed by atoms with van der Waals surface area (Å²) < 4.78 is 0. The Morgan fingerprint density at radius 2 is 2.06 bits per heavy atom. The summed E-state index contributed by atoms with van der Waals surface area (Å²) in [5, 5.41) is 14.8. The Morgan fingerprint density at radius 1 is 1.39 bits per heavy atom. The van der Waals surface area contributed by atoms with Crippen molar-refractivity contribution in [3.63, 3.8) is 0 Å². The normalized spacial score (nSPS) is 18.8. The summed E-state index contributed by atoms with van der Waals surface area (Å²) in [6, 6.07) is 4.79. The SMILES string of the molecule is CN1CCCC1c1cccnc1.O=C(O)C(=O)O. The molecule has 0 spiro atoms. The molecule has 1 aliphatic rings. The molecule has 1 atom stereocenters. The van der Waals surface area contributed by atoms with E-state index in [9.17, 15) is 0 Å². The molecule has 0 amide bonds. The highest BCUT2D eigenvalue weighted by Gasteiger charge is 2.21. The van der Waals surface area contributed by atoms with Gasteiger partial charge in [-0.3, -0.25) is 9.88 Å². The number of nitrogens with zero attached hydrogens (tertiary/aromatic N) is 2. The number of likely N-dealkylation sites (tertiary alicyclic amines) is 1. The third kappa shape index (κ3) is 4.14. The van der Waals surface area contributed by atoms with E-state index in [1.165, 1.54) is 24.9 Å². The number of hydrogen-bond acceptors (Lipinski definition) is 4. The fourth-order valence-electron chi connectivity index (χ4n) is 1.90. The van der Waals surface area contributed by atoms with E-state index in [1.54, 1.807) is 0 Å². The molecule has 0 aromatic carbocycles. The minimum Gasteiger partial charge on any atom is -0.473 e. The average molecular weight is 252 g/mol. The van der Waals surface area contributed by atoms with Crippen molar-refractivity contribution >= 4 is 11.9 Å². The Morgan fingerprint density at radius 3 is 2.44 bits per heavy atom. The van der Waals surface area contributed by atoms with Gasteiger partial charge in [0.25, 0.3) is 0 Å². The summed E-state index contributed by atoms with van der Waals surface area (Å²) in [7, 11) is 2.19. The van der Waals surface area contributed by atoms with E-state index in [0.29, 0.717) is 6.04 Å². The quantitative estimate of drug-likeness (QED) is 0.725. The van der Waals surface area contributed by atoms with Crippen molar-refractivity contribution in [2.45, 2.75) is 18.9 Å². The summed E-state index contributed by atoms with van der Waals surface area (Å²) in [6.07, 6.45) is 6.41. The first-order valence-electron chi connectivity index (χ1n) is 5.58. The molecule has 2 N–H and O–H groups in total. The Bertz CT molecular complexity index is 396. The molecule has 1 aliphatic heterocycles. The molecule has 98 valence electrons. The lowest BCUT2D eigenvalue weighted by atomic mass is 10.1. The van der Waals surface area contributed by atoms with E-state index < -0.39 is 11.9 Å². The molecule has 1 aromatic heterocycles. The van der Waals surface area contributed by atoms with Gasteiger partial charge in [0.1, 0.15) is 0 Å². The van der Waals surface area contributed by atoms with E-state index in [4.69, 9.17) is 19.8 Å². The van der Waals surface area contributed by atoms with Crippen molar-refractivity contribution < 1.29 is 19.8 Å². The van der Waals surface area contributed by atoms with Gasteiger partial charge in [-0.2, -0.15) is 0 Å². The van der Waals surface area contributed by atoms with Crippen LogP contribution >= 0.6 is 0 Å². The van der Waals surface area contributed by atoms with Crippen LogP contribution in [0, 0.1) is 0 Å². The number of pyridine rings is 1. The first-order chi connectivity index (χ1) is 8.52. The van der Waals surface area contributed by atoms with Crippen LogP contribution in [0.15, 0.2) is 24.5 Å². The molecule has 0 bridgehead atoms. The van der Waals surface area contributed by atoms with Crippen LogP contribution in [0.4, 0.5) is 0 Å². The van der Waals surface area contributed by atoms with Gasteiger partial charge in [-0.15, -0.1) is 0 Å². The largest absolute Gasteiger partial charge is 0.473 e. The van der Waals surface area contributed by atoms with Crippen LogP contribution in [0.1, 0.15) is 24.4 Å². The van der Waals surface area contributed by atoms with Gasteiger partial charge in [0.15, 0.2) is 0 Å². The minimum atomic E-state index is -1.82. The lowest BCUT2D eigenvalue weighted by molar-refractivity contribution is -0.159. The molecule has 18 heavy (non-hydrogen) atoms. The van der Waals surface area contributed by atoms with Gasteiger partial charge in [-0.1, -0.05) is 6.07 Å². The highest BCUT2D eigenvalue weighted by molar-refractivity contribution is 6.27. The summed E-state index contributed by atoms with van der Waals surface area (Å²) in [5.41, 5.74) is 1.36. The zero-order valence-corrected chi connectivity index (χ0v) is 10.1. The number of carboxylic acids is 2. The van der Waals surface area contributed by atoms with Gasteiger partial charge in [-0.25, -0.2) is 9.59 Å². The molecule has 0 radical (unpaired) electrons. The predicted octanol–water partition coefficient (Wildman–Crippen LogP) is 1.00. The van der Waals surface area contributed by atoms with E-state index in [0.717, 1.165) is 0 Å². The molecule has 1 aromatic rings. The Hall–Kier alpha value is -1.95. The molecule has 1 unspecified atom stereocenters. The monoisotopic (exact) mass is 252 g/mol. The number of aliphatic carboxylic acids is 2. The number of hydrogen-bond donors (Lipinski definition) is 2. The molecular formula is C12H16N2O4. The number of rotatable bonds is 1. The molecule has 2 rings (SSSR count). The van der Waals surface area contributed by atoms with Gasteiger partial charge in [-0.05, 0) is 38.1 Å².